The molecule has 2 aliphatic rings. The molecular formula is C43H49N2O6S2+. The molecule has 0 fully saturated rings. The fraction of sp³-hybridized carbons (Fsp3) is 0.326. The monoisotopic (exact) mass is 753 g/mol. The van der Waals surface area contributed by atoms with Crippen LogP contribution in [0.2, 0.25) is 0 Å². The van der Waals surface area contributed by atoms with Gasteiger partial charge < -0.3 is 4.90 Å². The van der Waals surface area contributed by atoms with E-state index < -0.39 is 20.2 Å². The summed E-state index contributed by atoms with van der Waals surface area (Å²) in [6.45, 7) is 10.0. The SMILES string of the molecule is CC1(C)C(=CC=CC2=[N+](CCCCS(=O)(=O)O)c3cc(-c4ccccc4)ccc3C2(C)C)N(CCCCS(=O)(=O)O)c2cc(-c3ccccc3)ccc21. The van der Waals surface area contributed by atoms with E-state index >= 15 is 0 Å². The molecule has 0 amide bonds. The van der Waals surface area contributed by atoms with E-state index in [-0.39, 0.29) is 22.3 Å². The first-order chi connectivity index (χ1) is 25.1. The lowest BCUT2D eigenvalue weighted by Crippen LogP contribution is -2.28. The number of allylic oxidation sites excluding steroid dienone is 4. The molecule has 6 rings (SSSR count). The third-order valence-corrected chi connectivity index (χ3v) is 12.2. The second-order valence-electron chi connectivity index (χ2n) is 15.0. The topological polar surface area (TPSA) is 115 Å². The van der Waals surface area contributed by atoms with E-state index in [1.165, 1.54) is 11.1 Å². The molecule has 278 valence electrons. The van der Waals surface area contributed by atoms with Gasteiger partial charge >= 0.3 is 0 Å². The number of hydrogen-bond acceptors (Lipinski definition) is 5. The second kappa shape index (κ2) is 15.2. The maximum atomic E-state index is 11.5. The minimum absolute atomic E-state index is 0.278. The normalized spacial score (nSPS) is 17.2. The van der Waals surface area contributed by atoms with Crippen LogP contribution in [-0.2, 0) is 31.1 Å². The predicted octanol–water partition coefficient (Wildman–Crippen LogP) is 8.97. The summed E-state index contributed by atoms with van der Waals surface area (Å²) in [7, 11) is -8.10. The molecule has 0 radical (unpaired) electrons. The molecule has 10 heteroatoms. The molecule has 0 aromatic heterocycles. The van der Waals surface area contributed by atoms with Crippen molar-refractivity contribution in [1.29, 1.82) is 0 Å². The molecule has 2 N–H and O–H groups in total. The third-order valence-electron chi connectivity index (χ3n) is 10.6. The number of fused-ring (bicyclic) bond motifs is 2. The zero-order chi connectivity index (χ0) is 38.0. The van der Waals surface area contributed by atoms with Gasteiger partial charge in [0.2, 0.25) is 5.69 Å². The van der Waals surface area contributed by atoms with E-state index in [4.69, 9.17) is 0 Å². The van der Waals surface area contributed by atoms with Gasteiger partial charge in [0.25, 0.3) is 20.2 Å². The molecule has 4 aromatic carbocycles. The van der Waals surface area contributed by atoms with E-state index in [0.29, 0.717) is 38.8 Å². The van der Waals surface area contributed by atoms with Gasteiger partial charge in [-0.25, -0.2) is 0 Å². The minimum Gasteiger partial charge on any atom is -0.344 e. The molecule has 0 bridgehead atoms. The summed E-state index contributed by atoms with van der Waals surface area (Å²) in [5, 5.41) is 0. The lowest BCUT2D eigenvalue weighted by atomic mass is 9.80. The number of rotatable bonds is 14. The smallest absolute Gasteiger partial charge is 0.264 e. The largest absolute Gasteiger partial charge is 0.344 e. The van der Waals surface area contributed by atoms with E-state index in [0.717, 1.165) is 45.0 Å². The predicted molar refractivity (Wildman–Crippen MR) is 215 cm³/mol. The summed E-state index contributed by atoms with van der Waals surface area (Å²) >= 11 is 0. The van der Waals surface area contributed by atoms with Crippen molar-refractivity contribution < 1.29 is 30.5 Å². The summed E-state index contributed by atoms with van der Waals surface area (Å²) in [4.78, 5) is 2.29. The van der Waals surface area contributed by atoms with Crippen molar-refractivity contribution in [3.05, 3.63) is 132 Å². The highest BCUT2D eigenvalue weighted by Crippen LogP contribution is 2.49. The molecule has 0 saturated carbocycles. The molecule has 0 aliphatic carbocycles. The van der Waals surface area contributed by atoms with Gasteiger partial charge in [-0.05, 0) is 73.1 Å². The van der Waals surface area contributed by atoms with Crippen LogP contribution in [0.4, 0.5) is 11.4 Å². The molecule has 8 nitrogen and oxygen atoms in total. The van der Waals surface area contributed by atoms with Crippen molar-refractivity contribution in [3.63, 3.8) is 0 Å². The van der Waals surface area contributed by atoms with Gasteiger partial charge in [-0.3, -0.25) is 9.11 Å². The van der Waals surface area contributed by atoms with Crippen molar-refractivity contribution >= 4 is 37.3 Å². The Bertz CT molecular complexity index is 2290. The van der Waals surface area contributed by atoms with Gasteiger partial charge in [0.1, 0.15) is 6.54 Å². The average molecular weight is 754 g/mol. The number of benzene rings is 4. The number of anilines is 1. The van der Waals surface area contributed by atoms with E-state index in [1.807, 2.05) is 36.4 Å². The van der Waals surface area contributed by atoms with Gasteiger partial charge in [-0.1, -0.05) is 105 Å². The van der Waals surface area contributed by atoms with Gasteiger partial charge in [-0.2, -0.15) is 21.4 Å². The quantitative estimate of drug-likeness (QED) is 0.0751. The minimum atomic E-state index is -4.05. The summed E-state index contributed by atoms with van der Waals surface area (Å²) < 4.78 is 67.1. The van der Waals surface area contributed by atoms with Gasteiger partial charge in [-0.15, -0.1) is 0 Å². The van der Waals surface area contributed by atoms with Crippen LogP contribution in [0, 0.1) is 0 Å². The van der Waals surface area contributed by atoms with Crippen LogP contribution in [0.25, 0.3) is 22.3 Å². The Morgan fingerprint density at radius 1 is 0.642 bits per heavy atom. The highest BCUT2D eigenvalue weighted by Gasteiger charge is 2.44. The molecule has 0 unspecified atom stereocenters. The van der Waals surface area contributed by atoms with Crippen molar-refractivity contribution in [2.24, 2.45) is 0 Å². The fourth-order valence-electron chi connectivity index (χ4n) is 7.82. The summed E-state index contributed by atoms with van der Waals surface area (Å²) in [5.41, 5.74) is 10.4. The molecule has 2 heterocycles. The van der Waals surface area contributed by atoms with E-state index in [2.05, 4.69) is 116 Å². The Kier molecular flexibility index (Phi) is 11.0. The zero-order valence-corrected chi connectivity index (χ0v) is 32.5. The van der Waals surface area contributed by atoms with Crippen molar-refractivity contribution in [1.82, 2.24) is 0 Å². The first-order valence-electron chi connectivity index (χ1n) is 18.2. The van der Waals surface area contributed by atoms with Gasteiger partial charge in [0.05, 0.1) is 16.9 Å². The lowest BCUT2D eigenvalue weighted by Gasteiger charge is -2.27. The molecule has 4 aromatic rings. The Morgan fingerprint density at radius 3 is 1.77 bits per heavy atom. The molecule has 53 heavy (non-hydrogen) atoms. The van der Waals surface area contributed by atoms with Crippen LogP contribution in [0.15, 0.2) is 121 Å². The van der Waals surface area contributed by atoms with Crippen LogP contribution in [-0.4, -0.2) is 60.8 Å². The van der Waals surface area contributed by atoms with Gasteiger partial charge in [0.15, 0.2) is 5.71 Å². The average Bonchev–Trinajstić information content (AvgIpc) is 3.46. The maximum Gasteiger partial charge on any atom is 0.264 e. The van der Waals surface area contributed by atoms with Gasteiger partial charge in [0, 0.05) is 47.5 Å². The summed E-state index contributed by atoms with van der Waals surface area (Å²) in [5.74, 6) is -0.555. The first-order valence-corrected chi connectivity index (χ1v) is 21.4. The lowest BCUT2D eigenvalue weighted by molar-refractivity contribution is -0.438. The van der Waals surface area contributed by atoms with Crippen molar-refractivity contribution in [3.8, 4) is 22.3 Å². The van der Waals surface area contributed by atoms with Crippen LogP contribution < -0.4 is 4.90 Å². The second-order valence-corrected chi connectivity index (χ2v) is 18.2. The highest BCUT2D eigenvalue weighted by atomic mass is 32.2. The molecule has 0 spiro atoms. The number of hydrogen-bond donors (Lipinski definition) is 2. The van der Waals surface area contributed by atoms with Crippen LogP contribution in [0.1, 0.15) is 64.5 Å². The highest BCUT2D eigenvalue weighted by molar-refractivity contribution is 7.86. The molecule has 0 saturated heterocycles. The van der Waals surface area contributed by atoms with Crippen LogP contribution in [0.3, 0.4) is 0 Å². The Balaban J connectivity index is 1.39. The number of unbranched alkanes of at least 4 members (excludes halogenated alkanes) is 2. The fourth-order valence-corrected chi connectivity index (χ4v) is 8.95. The van der Waals surface area contributed by atoms with Crippen LogP contribution >= 0.6 is 0 Å². The summed E-state index contributed by atoms with van der Waals surface area (Å²) in [6.07, 6.45) is 8.24. The summed E-state index contributed by atoms with van der Waals surface area (Å²) in [6, 6.07) is 33.6. The first kappa shape index (κ1) is 38.4. The molecular weight excluding hydrogens is 705 g/mol. The van der Waals surface area contributed by atoms with E-state index in [9.17, 15) is 25.9 Å². The Labute approximate surface area is 314 Å². The third kappa shape index (κ3) is 8.57. The number of nitrogens with zero attached hydrogens (tertiary/aromatic N) is 2. The van der Waals surface area contributed by atoms with Crippen LogP contribution in [0.5, 0.6) is 0 Å². The Morgan fingerprint density at radius 2 is 1.19 bits per heavy atom. The van der Waals surface area contributed by atoms with Crippen molar-refractivity contribution in [2.45, 2.75) is 64.2 Å². The Hall–Kier alpha value is -4.35. The molecule has 0 atom stereocenters. The standard InChI is InChI=1S/C43H48N2O6S2/c1-42(2)36-24-22-34(32-16-7-5-8-17-32)30-38(36)44(26-11-13-28-52(46,47)48)40(42)20-15-21-41-43(3,4)37-25-23-35(33-18-9-6-10-19-33)31-39(37)45(41)27-12-14-29-53(49,50)51/h5-10,15-25,30-31H,11-14,26-29H2,1-4H3,(H-,46,47,48,49,50,51)/p+1. The molecule has 2 aliphatic heterocycles. The van der Waals surface area contributed by atoms with Crippen molar-refractivity contribution in [2.75, 3.05) is 29.5 Å². The zero-order valence-electron chi connectivity index (χ0n) is 30.9. The van der Waals surface area contributed by atoms with E-state index in [1.54, 1.807) is 0 Å². The maximum absolute atomic E-state index is 11.5.